The van der Waals surface area contributed by atoms with Crippen LogP contribution in [0.1, 0.15) is 33.6 Å². The first-order valence-electron chi connectivity index (χ1n) is 7.49. The molecule has 0 aliphatic rings. The number of hydrogen-bond acceptors (Lipinski definition) is 7. The highest BCUT2D eigenvalue weighted by Gasteiger charge is 1.97. The largest absolute Gasteiger partial charge is 0.447 e. The van der Waals surface area contributed by atoms with Gasteiger partial charge in [0.1, 0.15) is 13.2 Å². The van der Waals surface area contributed by atoms with Crippen molar-refractivity contribution >= 4 is 25.0 Å². The molecule has 2 amide bonds. The number of carbonyl (C=O) groups is 2. The smallest absolute Gasteiger partial charge is 0.417 e. The summed E-state index contributed by atoms with van der Waals surface area (Å²) in [7, 11) is 3.09. The van der Waals surface area contributed by atoms with E-state index in [9.17, 15) is 9.59 Å². The Morgan fingerprint density at radius 3 is 1.65 bits per heavy atom. The summed E-state index contributed by atoms with van der Waals surface area (Å²) in [6, 6.07) is 0. The van der Waals surface area contributed by atoms with Gasteiger partial charge in [0, 0.05) is 20.8 Å². The van der Waals surface area contributed by atoms with Gasteiger partial charge in [0.25, 0.3) is 0 Å². The highest BCUT2D eigenvalue weighted by Crippen LogP contribution is 1.79. The van der Waals surface area contributed by atoms with Crippen molar-refractivity contribution in [1.29, 1.82) is 0 Å². The first-order valence-corrected chi connectivity index (χ1v) is 7.93. The van der Waals surface area contributed by atoms with Gasteiger partial charge < -0.3 is 24.3 Å². The second-order valence-electron chi connectivity index (χ2n) is 4.00. The first-order chi connectivity index (χ1) is 11.0. The number of thiol groups is 1. The van der Waals surface area contributed by atoms with Crippen LogP contribution in [0.15, 0.2) is 0 Å². The number of carbonyl (C=O) groups excluding carboxylic acids is 2. The standard InChI is InChI=1S/C7H15NO3.C4H9NO3S.C3H8/c1-3-4-8-7(9)11-6-5-10-2;1-7-2-3-8-4(6)5-9;1-3-2/h3-6H2,1-2H3,(H,8,9);9H,2-3H2,1H3,(H,5,6);3H2,1-2H3. The lowest BCUT2D eigenvalue weighted by Gasteiger charge is -2.04. The van der Waals surface area contributed by atoms with Gasteiger partial charge >= 0.3 is 12.2 Å². The molecule has 2 N–H and O–H groups in total. The van der Waals surface area contributed by atoms with Gasteiger partial charge in [0.15, 0.2) is 0 Å². The molecule has 0 spiro atoms. The highest BCUT2D eigenvalue weighted by atomic mass is 32.1. The zero-order valence-electron chi connectivity index (χ0n) is 14.8. The number of nitrogens with one attached hydrogen (secondary N) is 2. The lowest BCUT2D eigenvalue weighted by Crippen LogP contribution is -2.26. The average Bonchev–Trinajstić information content (AvgIpc) is 2.54. The maximum Gasteiger partial charge on any atom is 0.417 e. The minimum absolute atomic E-state index is 0.253. The Bertz CT molecular complexity index is 257. The quantitative estimate of drug-likeness (QED) is 0.457. The van der Waals surface area contributed by atoms with Gasteiger partial charge in [-0.25, -0.2) is 9.59 Å². The number of hydrogen-bond donors (Lipinski definition) is 3. The molecular formula is C14H32N2O6S. The number of alkyl carbamates (subject to hydrolysis) is 1. The third-order valence-corrected chi connectivity index (χ3v) is 1.83. The number of amides is 2. The molecule has 8 nitrogen and oxygen atoms in total. The summed E-state index contributed by atoms with van der Waals surface area (Å²) < 4.78 is 20.5. The molecule has 0 aromatic rings. The highest BCUT2D eigenvalue weighted by molar-refractivity contribution is 7.78. The topological polar surface area (TPSA) is 95.1 Å². The molecule has 0 aliphatic carbocycles. The van der Waals surface area contributed by atoms with Crippen molar-refractivity contribution in [3.63, 3.8) is 0 Å². The first kappa shape index (κ1) is 26.7. The van der Waals surface area contributed by atoms with Crippen molar-refractivity contribution in [3.8, 4) is 0 Å². The molecule has 9 heteroatoms. The Balaban J connectivity index is -0.000000301. The predicted octanol–water partition coefficient (Wildman–Crippen LogP) is 2.39. The molecule has 0 bridgehead atoms. The Hall–Kier alpha value is -1.19. The summed E-state index contributed by atoms with van der Waals surface area (Å²) in [4.78, 5) is 20.9. The third-order valence-electron chi connectivity index (χ3n) is 1.65. The maximum absolute atomic E-state index is 10.7. The number of rotatable bonds is 8. The molecule has 0 heterocycles. The third kappa shape index (κ3) is 33.6. The molecule has 0 saturated heterocycles. The molecule has 0 saturated carbocycles. The summed E-state index contributed by atoms with van der Waals surface area (Å²) in [6.45, 7) is 8.30. The van der Waals surface area contributed by atoms with Crippen LogP contribution in [0.4, 0.5) is 9.59 Å². The zero-order valence-corrected chi connectivity index (χ0v) is 15.7. The maximum atomic E-state index is 10.7. The molecule has 0 aromatic carbocycles. The molecule has 0 unspecified atom stereocenters. The molecule has 0 radical (unpaired) electrons. The Morgan fingerprint density at radius 1 is 0.870 bits per heavy atom. The lowest BCUT2D eigenvalue weighted by atomic mass is 10.5. The molecule has 0 aromatic heterocycles. The van der Waals surface area contributed by atoms with Gasteiger partial charge in [-0.3, -0.25) is 4.72 Å². The van der Waals surface area contributed by atoms with Crippen LogP contribution in [-0.4, -0.2) is 59.4 Å². The fourth-order valence-electron chi connectivity index (χ4n) is 0.746. The van der Waals surface area contributed by atoms with Crippen molar-refractivity contribution in [2.24, 2.45) is 0 Å². The summed E-state index contributed by atoms with van der Waals surface area (Å²) in [5.41, 5.74) is 0. The summed E-state index contributed by atoms with van der Waals surface area (Å²) >= 11 is 3.45. The number of methoxy groups -OCH3 is 2. The predicted molar refractivity (Wildman–Crippen MR) is 92.8 cm³/mol. The second kappa shape index (κ2) is 25.7. The van der Waals surface area contributed by atoms with E-state index in [1.165, 1.54) is 13.5 Å². The Kier molecular flexibility index (Phi) is 29.9. The fourth-order valence-corrected chi connectivity index (χ4v) is 0.810. The van der Waals surface area contributed by atoms with Crippen molar-refractivity contribution in [1.82, 2.24) is 10.0 Å². The number of ether oxygens (including phenoxy) is 4. The van der Waals surface area contributed by atoms with Crippen LogP contribution in [0, 0.1) is 0 Å². The molecule has 0 atom stereocenters. The van der Waals surface area contributed by atoms with E-state index in [1.54, 1.807) is 7.11 Å². The average molecular weight is 356 g/mol. The van der Waals surface area contributed by atoms with E-state index < -0.39 is 6.09 Å². The summed E-state index contributed by atoms with van der Waals surface area (Å²) in [5, 5.41) is 2.57. The van der Waals surface area contributed by atoms with Crippen LogP contribution in [0.2, 0.25) is 0 Å². The van der Waals surface area contributed by atoms with E-state index in [1.807, 2.05) is 11.6 Å². The van der Waals surface area contributed by atoms with E-state index in [0.717, 1.165) is 6.42 Å². The van der Waals surface area contributed by atoms with Crippen molar-refractivity contribution in [3.05, 3.63) is 0 Å². The molecule has 0 aliphatic heterocycles. The van der Waals surface area contributed by atoms with Crippen LogP contribution < -0.4 is 10.0 Å². The molecule has 140 valence electrons. The van der Waals surface area contributed by atoms with E-state index in [0.29, 0.717) is 26.4 Å². The summed E-state index contributed by atoms with van der Waals surface area (Å²) in [5.74, 6) is 0. The van der Waals surface area contributed by atoms with E-state index in [-0.39, 0.29) is 12.7 Å². The van der Waals surface area contributed by atoms with Crippen LogP contribution >= 0.6 is 12.8 Å². The fraction of sp³-hybridized carbons (Fsp3) is 0.857. The van der Waals surface area contributed by atoms with E-state index >= 15 is 0 Å². The Labute approximate surface area is 145 Å². The molecule has 0 fully saturated rings. The van der Waals surface area contributed by atoms with Gasteiger partial charge in [0.2, 0.25) is 0 Å². The van der Waals surface area contributed by atoms with Gasteiger partial charge in [-0.15, -0.1) is 0 Å². The van der Waals surface area contributed by atoms with Crippen LogP contribution in [0.5, 0.6) is 0 Å². The SMILES string of the molecule is CCC.CCCNC(=O)OCCOC.COCCOC(=O)NS. The van der Waals surface area contributed by atoms with Crippen LogP contribution in [0.3, 0.4) is 0 Å². The minimum atomic E-state index is -0.560. The lowest BCUT2D eigenvalue weighted by molar-refractivity contribution is 0.0986. The van der Waals surface area contributed by atoms with E-state index in [4.69, 9.17) is 9.47 Å². The molecular weight excluding hydrogens is 324 g/mol. The van der Waals surface area contributed by atoms with Crippen LogP contribution in [-0.2, 0) is 18.9 Å². The second-order valence-corrected chi connectivity index (χ2v) is 4.23. The molecule has 23 heavy (non-hydrogen) atoms. The van der Waals surface area contributed by atoms with Gasteiger partial charge in [0.05, 0.1) is 13.2 Å². The van der Waals surface area contributed by atoms with E-state index in [2.05, 4.69) is 41.5 Å². The summed E-state index contributed by atoms with van der Waals surface area (Å²) in [6.07, 6.45) is 1.23. The normalized spacial score (nSPS) is 8.61. The van der Waals surface area contributed by atoms with Gasteiger partial charge in [-0.2, -0.15) is 0 Å². The van der Waals surface area contributed by atoms with Crippen molar-refractivity contribution < 1.29 is 28.5 Å². The van der Waals surface area contributed by atoms with Gasteiger partial charge in [-0.1, -0.05) is 40.0 Å². The van der Waals surface area contributed by atoms with Crippen molar-refractivity contribution in [2.75, 3.05) is 47.2 Å². The van der Waals surface area contributed by atoms with Crippen LogP contribution in [0.25, 0.3) is 0 Å². The Morgan fingerprint density at radius 2 is 1.30 bits per heavy atom. The molecule has 0 rings (SSSR count). The van der Waals surface area contributed by atoms with Crippen molar-refractivity contribution in [2.45, 2.75) is 33.6 Å². The van der Waals surface area contributed by atoms with Gasteiger partial charge in [-0.05, 0) is 6.42 Å². The minimum Gasteiger partial charge on any atom is -0.447 e. The monoisotopic (exact) mass is 356 g/mol. The zero-order chi connectivity index (χ0) is 18.3.